The van der Waals surface area contributed by atoms with Crippen molar-refractivity contribution in [2.75, 3.05) is 18.5 Å². The van der Waals surface area contributed by atoms with Crippen molar-refractivity contribution < 1.29 is 19.8 Å². The zero-order valence-corrected chi connectivity index (χ0v) is 13.3. The zero-order chi connectivity index (χ0) is 17.1. The first-order valence-corrected chi connectivity index (χ1v) is 7.28. The maximum absolute atomic E-state index is 12.7. The molecule has 2 N–H and O–H groups in total. The van der Waals surface area contributed by atoms with Gasteiger partial charge in [0.2, 0.25) is 0 Å². The van der Waals surface area contributed by atoms with Crippen molar-refractivity contribution in [1.82, 2.24) is 0 Å². The second kappa shape index (κ2) is 6.52. The van der Waals surface area contributed by atoms with Crippen LogP contribution in [0.5, 0.6) is 5.75 Å². The van der Waals surface area contributed by atoms with Gasteiger partial charge in [0.15, 0.2) is 5.78 Å². The summed E-state index contributed by atoms with van der Waals surface area (Å²) in [4.78, 5) is 25.9. The lowest BCUT2D eigenvalue weighted by molar-refractivity contribution is 0.0692. The average molecular weight is 313 g/mol. The topological polar surface area (TPSA) is 77.8 Å². The fourth-order valence-corrected chi connectivity index (χ4v) is 2.46. The Kier molecular flexibility index (Phi) is 4.69. The molecular weight excluding hydrogens is 294 g/mol. The number of carbonyl (C=O) groups excluding carboxylic acids is 1. The van der Waals surface area contributed by atoms with Crippen molar-refractivity contribution in [3.8, 4) is 5.75 Å². The Balaban J connectivity index is 2.53. The molecule has 0 amide bonds. The van der Waals surface area contributed by atoms with Crippen molar-refractivity contribution in [3.05, 3.63) is 58.7 Å². The molecule has 0 aliphatic carbocycles. The Morgan fingerprint density at radius 1 is 1.09 bits per heavy atom. The number of hydrogen-bond donors (Lipinski definition) is 2. The molecule has 0 radical (unpaired) electrons. The quantitative estimate of drug-likeness (QED) is 0.829. The fourth-order valence-electron chi connectivity index (χ4n) is 2.46. The van der Waals surface area contributed by atoms with Crippen LogP contribution in [0.25, 0.3) is 0 Å². The third-order valence-corrected chi connectivity index (χ3v) is 3.85. The number of hydrogen-bond acceptors (Lipinski definition) is 4. The summed E-state index contributed by atoms with van der Waals surface area (Å²) >= 11 is 0. The molecule has 0 aliphatic rings. The summed E-state index contributed by atoms with van der Waals surface area (Å²) in [6.07, 6.45) is 0. The summed E-state index contributed by atoms with van der Waals surface area (Å²) in [5, 5.41) is 19.4. The largest absolute Gasteiger partial charge is 0.507 e. The molecule has 0 aromatic heterocycles. The van der Waals surface area contributed by atoms with Gasteiger partial charge in [0, 0.05) is 30.9 Å². The zero-order valence-electron chi connectivity index (χ0n) is 13.3. The van der Waals surface area contributed by atoms with Crippen LogP contribution < -0.4 is 4.90 Å². The third kappa shape index (κ3) is 3.18. The molecule has 5 heteroatoms. The molecule has 0 fully saturated rings. The molecule has 2 rings (SSSR count). The predicted octanol–water partition coefficient (Wildman–Crippen LogP) is 3.09. The van der Waals surface area contributed by atoms with Crippen LogP contribution in [0.1, 0.15) is 38.8 Å². The van der Waals surface area contributed by atoms with Crippen LogP contribution in [0.4, 0.5) is 5.69 Å². The molecule has 0 unspecified atom stereocenters. The third-order valence-electron chi connectivity index (χ3n) is 3.85. The number of anilines is 1. The van der Waals surface area contributed by atoms with Gasteiger partial charge in [-0.1, -0.05) is 18.2 Å². The molecule has 0 bridgehead atoms. The fraction of sp³-hybridized carbons (Fsp3) is 0.222. The SMILES string of the molecule is CCN(C)c1cc(O)c(C(=O)c2ccccc2C(=O)O)cc1C. The second-order valence-electron chi connectivity index (χ2n) is 5.35. The Hall–Kier alpha value is -2.82. The predicted molar refractivity (Wildman–Crippen MR) is 88.6 cm³/mol. The monoisotopic (exact) mass is 313 g/mol. The minimum Gasteiger partial charge on any atom is -0.507 e. The highest BCUT2D eigenvalue weighted by molar-refractivity contribution is 6.15. The molecule has 2 aromatic rings. The van der Waals surface area contributed by atoms with Crippen molar-refractivity contribution in [2.45, 2.75) is 13.8 Å². The molecule has 2 aromatic carbocycles. The van der Waals surface area contributed by atoms with Crippen molar-refractivity contribution >= 4 is 17.4 Å². The van der Waals surface area contributed by atoms with Gasteiger partial charge in [-0.2, -0.15) is 0 Å². The van der Waals surface area contributed by atoms with Gasteiger partial charge in [0.1, 0.15) is 5.75 Å². The molecule has 0 aliphatic heterocycles. The van der Waals surface area contributed by atoms with Crippen LogP contribution in [-0.4, -0.2) is 35.6 Å². The van der Waals surface area contributed by atoms with Crippen molar-refractivity contribution in [1.29, 1.82) is 0 Å². The number of ketones is 1. The summed E-state index contributed by atoms with van der Waals surface area (Å²) < 4.78 is 0. The van der Waals surface area contributed by atoms with Gasteiger partial charge in [-0.05, 0) is 31.5 Å². The molecule has 0 spiro atoms. The van der Waals surface area contributed by atoms with Gasteiger partial charge < -0.3 is 15.1 Å². The van der Waals surface area contributed by atoms with Crippen LogP contribution in [-0.2, 0) is 0 Å². The van der Waals surface area contributed by atoms with E-state index in [0.29, 0.717) is 0 Å². The number of aromatic hydroxyl groups is 1. The number of nitrogens with zero attached hydrogens (tertiary/aromatic N) is 1. The summed E-state index contributed by atoms with van der Waals surface area (Å²) in [7, 11) is 1.89. The van der Waals surface area contributed by atoms with Crippen molar-refractivity contribution in [3.63, 3.8) is 0 Å². The van der Waals surface area contributed by atoms with Gasteiger partial charge in [0.25, 0.3) is 0 Å². The van der Waals surface area contributed by atoms with Gasteiger partial charge >= 0.3 is 5.97 Å². The molecule has 0 atom stereocenters. The van der Waals surface area contributed by atoms with Gasteiger partial charge in [-0.25, -0.2) is 4.79 Å². The number of phenolic OH excluding ortho intramolecular Hbond substituents is 1. The second-order valence-corrected chi connectivity index (χ2v) is 5.35. The summed E-state index contributed by atoms with van der Waals surface area (Å²) in [5.74, 6) is -1.84. The summed E-state index contributed by atoms with van der Waals surface area (Å²) in [6, 6.07) is 9.12. The first-order valence-electron chi connectivity index (χ1n) is 7.28. The van der Waals surface area contributed by atoms with E-state index < -0.39 is 11.8 Å². The first kappa shape index (κ1) is 16.5. The van der Waals surface area contributed by atoms with E-state index in [4.69, 9.17) is 0 Å². The van der Waals surface area contributed by atoms with Crippen LogP contribution in [0.15, 0.2) is 36.4 Å². The van der Waals surface area contributed by atoms with E-state index in [1.807, 2.05) is 25.8 Å². The Bertz CT molecular complexity index is 768. The number of phenols is 1. The van der Waals surface area contributed by atoms with Crippen LogP contribution in [0, 0.1) is 6.92 Å². The molecule has 23 heavy (non-hydrogen) atoms. The van der Waals surface area contributed by atoms with E-state index in [1.54, 1.807) is 18.2 Å². The lowest BCUT2D eigenvalue weighted by Crippen LogP contribution is -2.17. The maximum atomic E-state index is 12.7. The van der Waals surface area contributed by atoms with Gasteiger partial charge in [0.05, 0.1) is 11.1 Å². The number of carbonyl (C=O) groups is 2. The molecular formula is C18H19NO4. The molecule has 0 saturated carbocycles. The molecule has 0 saturated heterocycles. The van der Waals surface area contributed by atoms with E-state index in [2.05, 4.69) is 0 Å². The number of benzene rings is 2. The normalized spacial score (nSPS) is 10.4. The van der Waals surface area contributed by atoms with Crippen molar-refractivity contribution in [2.24, 2.45) is 0 Å². The number of aromatic carboxylic acids is 1. The van der Waals surface area contributed by atoms with E-state index in [0.717, 1.165) is 17.8 Å². The van der Waals surface area contributed by atoms with Gasteiger partial charge in [-0.15, -0.1) is 0 Å². The summed E-state index contributed by atoms with van der Waals surface area (Å²) in [6.45, 7) is 4.59. The van der Waals surface area contributed by atoms with Crippen LogP contribution in [0.3, 0.4) is 0 Å². The molecule has 5 nitrogen and oxygen atoms in total. The van der Waals surface area contributed by atoms with E-state index in [1.165, 1.54) is 18.2 Å². The van der Waals surface area contributed by atoms with E-state index in [9.17, 15) is 19.8 Å². The lowest BCUT2D eigenvalue weighted by Gasteiger charge is -2.20. The highest BCUT2D eigenvalue weighted by Gasteiger charge is 2.21. The Morgan fingerprint density at radius 3 is 2.26 bits per heavy atom. The minimum absolute atomic E-state index is 0.0614. The molecule has 120 valence electrons. The molecule has 0 heterocycles. The summed E-state index contributed by atoms with van der Waals surface area (Å²) in [5.41, 5.74) is 1.75. The first-order chi connectivity index (χ1) is 10.9. The number of carboxylic acid groups (broad SMARTS) is 1. The Morgan fingerprint density at radius 2 is 1.70 bits per heavy atom. The standard InChI is InChI=1S/C18H19NO4/c1-4-19(3)15-10-16(20)14(9-11(15)2)17(21)12-7-5-6-8-13(12)18(22)23/h5-10,20H,4H2,1-3H3,(H,22,23). The van der Waals surface area contributed by atoms with Crippen LogP contribution in [0.2, 0.25) is 0 Å². The lowest BCUT2D eigenvalue weighted by atomic mass is 9.96. The highest BCUT2D eigenvalue weighted by atomic mass is 16.4. The number of aryl methyl sites for hydroxylation is 1. The smallest absolute Gasteiger partial charge is 0.336 e. The average Bonchev–Trinajstić information content (AvgIpc) is 2.55. The Labute approximate surface area is 134 Å². The van der Waals surface area contributed by atoms with Gasteiger partial charge in [-0.3, -0.25) is 4.79 Å². The number of carboxylic acids is 1. The van der Waals surface area contributed by atoms with E-state index in [-0.39, 0.29) is 22.4 Å². The van der Waals surface area contributed by atoms with E-state index >= 15 is 0 Å². The number of rotatable bonds is 5. The highest BCUT2D eigenvalue weighted by Crippen LogP contribution is 2.30. The maximum Gasteiger partial charge on any atom is 0.336 e. The minimum atomic E-state index is -1.17. The van der Waals surface area contributed by atoms with Crippen LogP contribution >= 0.6 is 0 Å².